The topological polar surface area (TPSA) is 61.1 Å². The third kappa shape index (κ3) is 2.21. The van der Waals surface area contributed by atoms with Crippen molar-refractivity contribution in [3.05, 3.63) is 0 Å². The van der Waals surface area contributed by atoms with E-state index in [-0.39, 0.29) is 0 Å². The Hall–Kier alpha value is -0.521. The fourth-order valence-corrected chi connectivity index (χ4v) is 0.0552. The Balaban J connectivity index is 3.63. The summed E-state index contributed by atoms with van der Waals surface area (Å²) in [5.41, 5.74) is 0. The van der Waals surface area contributed by atoms with E-state index in [9.17, 15) is 4.79 Å². The normalized spacial score (nSPS) is 12.0. The molecule has 0 aromatic carbocycles. The third-order valence-corrected chi connectivity index (χ3v) is 1.06. The van der Waals surface area contributed by atoms with Gasteiger partial charge in [0.1, 0.15) is 0 Å². The van der Waals surface area contributed by atoms with Crippen molar-refractivity contribution in [3.63, 3.8) is 0 Å². The van der Waals surface area contributed by atoms with Crippen LogP contribution in [0.3, 0.4) is 0 Å². The average Bonchev–Trinajstić information content (AvgIpc) is 1.65. The van der Waals surface area contributed by atoms with Crippen LogP contribution in [0, 0.1) is 11.3 Å². The number of nitrogens with zero attached hydrogens (tertiary/aromatic N) is 1. The Morgan fingerprint density at radius 2 is 2.43 bits per heavy atom. The van der Waals surface area contributed by atoms with Crippen molar-refractivity contribution in [1.82, 2.24) is 0 Å². The van der Waals surface area contributed by atoms with Crippen LogP contribution in [-0.2, 0) is 4.79 Å². The predicted molar refractivity (Wildman–Crippen MR) is 24.1 cm³/mol. The summed E-state index contributed by atoms with van der Waals surface area (Å²) in [6, 6.07) is 1.54. The molecule has 1 atom stereocenters. The minimum absolute atomic E-state index is 0.938. The van der Waals surface area contributed by atoms with Crippen molar-refractivity contribution in [3.8, 4) is 6.07 Å². The first kappa shape index (κ1) is 6.48. The molecular weight excluding hydrogens is 161 g/mol. The number of rotatable bonds is 1. The van der Waals surface area contributed by atoms with Gasteiger partial charge in [-0.3, -0.25) is 0 Å². The maximum absolute atomic E-state index is 9.69. The van der Waals surface area contributed by atoms with E-state index in [1.165, 1.54) is 6.07 Å². The van der Waals surface area contributed by atoms with Crippen molar-refractivity contribution in [2.45, 2.75) is 4.82 Å². The molecule has 0 spiro atoms. The van der Waals surface area contributed by atoms with E-state index in [4.69, 9.17) is 10.4 Å². The Bertz CT molecular complexity index is 117. The summed E-state index contributed by atoms with van der Waals surface area (Å²) in [7, 11) is 0. The summed E-state index contributed by atoms with van der Waals surface area (Å²) in [6.45, 7) is 0. The van der Waals surface area contributed by atoms with Gasteiger partial charge in [0.25, 0.3) is 0 Å². The van der Waals surface area contributed by atoms with Gasteiger partial charge >= 0.3 is 48.0 Å². The Labute approximate surface area is 48.8 Å². The van der Waals surface area contributed by atoms with Gasteiger partial charge in [-0.1, -0.05) is 0 Å². The predicted octanol–water partition coefficient (Wildman–Crippen LogP) is -0.716. The van der Waals surface area contributed by atoms with Crippen molar-refractivity contribution >= 4 is 22.0 Å². The van der Waals surface area contributed by atoms with Gasteiger partial charge in [-0.15, -0.1) is 0 Å². The molecule has 1 N–H and O–H groups in total. The summed E-state index contributed by atoms with van der Waals surface area (Å²) in [4.78, 5) is 8.75. The zero-order chi connectivity index (χ0) is 5.86. The molecule has 0 aliphatic rings. The van der Waals surface area contributed by atoms with E-state index < -0.39 is 10.8 Å². The molecule has 0 aromatic rings. The molecule has 7 heavy (non-hydrogen) atoms. The van der Waals surface area contributed by atoms with Crippen LogP contribution >= 0.6 is 0 Å². The first-order valence-corrected chi connectivity index (χ1v) is 2.57. The number of carboxylic acids is 1. The number of hydrogen-bond acceptors (Lipinski definition) is 2. The molecule has 0 aliphatic heterocycles. The van der Waals surface area contributed by atoms with Crippen LogP contribution in [0.25, 0.3) is 0 Å². The monoisotopic (exact) mass is 165 g/mol. The summed E-state index contributed by atoms with van der Waals surface area (Å²) < 4.78 is 0. The Morgan fingerprint density at radius 3 is 2.43 bits per heavy atom. The number of carboxylic acid groups (broad SMARTS) is 1. The molecule has 4 heteroatoms. The number of nitriles is 1. The van der Waals surface area contributed by atoms with Gasteiger partial charge in [0.2, 0.25) is 0 Å². The van der Waals surface area contributed by atoms with Gasteiger partial charge < -0.3 is 0 Å². The van der Waals surface area contributed by atoms with Crippen LogP contribution in [0.5, 0.6) is 0 Å². The summed E-state index contributed by atoms with van der Waals surface area (Å²) in [6.07, 6.45) is 0. The van der Waals surface area contributed by atoms with Crippen molar-refractivity contribution in [2.75, 3.05) is 0 Å². The molecule has 0 bridgehead atoms. The van der Waals surface area contributed by atoms with Gasteiger partial charge in [-0.2, -0.15) is 0 Å². The summed E-state index contributed by atoms with van der Waals surface area (Å²) in [5, 5.41) is 15.8. The molecule has 0 aliphatic carbocycles. The van der Waals surface area contributed by atoms with Gasteiger partial charge in [0, 0.05) is 0 Å². The molecule has 38 valence electrons. The number of aliphatic carboxylic acids is 1. The third-order valence-electron chi connectivity index (χ3n) is 0.356. The second kappa shape index (κ2) is 2.62. The summed E-state index contributed by atoms with van der Waals surface area (Å²) in [5.74, 6) is -1.09. The van der Waals surface area contributed by atoms with E-state index in [1.54, 1.807) is 16.0 Å². The quantitative estimate of drug-likeness (QED) is 0.520. The number of hydrogen-bond donors (Lipinski definition) is 1. The fourth-order valence-electron chi connectivity index (χ4n) is 0.0552. The van der Waals surface area contributed by atoms with Crippen LogP contribution in [0.4, 0.5) is 0 Å². The van der Waals surface area contributed by atoms with Crippen LogP contribution in [0.2, 0.25) is 4.82 Å². The molecule has 1 unspecified atom stereocenters. The standard InChI is InChI=1S/C3H3NO2Se/c4-1-2(7)3(5)6/h2,7H,(H,5,6). The van der Waals surface area contributed by atoms with E-state index in [0.717, 1.165) is 0 Å². The van der Waals surface area contributed by atoms with Crippen molar-refractivity contribution in [2.24, 2.45) is 0 Å². The number of carbonyl (C=O) groups is 1. The van der Waals surface area contributed by atoms with Crippen molar-refractivity contribution in [1.29, 1.82) is 5.26 Å². The molecule has 0 fully saturated rings. The first-order chi connectivity index (χ1) is 3.18. The van der Waals surface area contributed by atoms with E-state index in [0.29, 0.717) is 0 Å². The molecule has 0 saturated heterocycles. The molecule has 0 aromatic heterocycles. The van der Waals surface area contributed by atoms with Crippen molar-refractivity contribution < 1.29 is 9.90 Å². The van der Waals surface area contributed by atoms with Crippen LogP contribution in [0.15, 0.2) is 0 Å². The van der Waals surface area contributed by atoms with Gasteiger partial charge in [0.05, 0.1) is 0 Å². The summed E-state index contributed by atoms with van der Waals surface area (Å²) >= 11 is 1.75. The van der Waals surface area contributed by atoms with Gasteiger partial charge in [0.15, 0.2) is 0 Å². The SMILES string of the molecule is N#CC([SeH])C(=O)O. The Kier molecular flexibility index (Phi) is 2.42. The van der Waals surface area contributed by atoms with Gasteiger partial charge in [-0.05, 0) is 0 Å². The molecule has 0 rings (SSSR count). The Morgan fingerprint density at radius 1 is 2.00 bits per heavy atom. The molecule has 0 amide bonds. The van der Waals surface area contributed by atoms with Crippen LogP contribution in [-0.4, -0.2) is 27.1 Å². The molecule has 0 saturated carbocycles. The van der Waals surface area contributed by atoms with E-state index in [2.05, 4.69) is 0 Å². The van der Waals surface area contributed by atoms with Crippen LogP contribution in [0.1, 0.15) is 0 Å². The van der Waals surface area contributed by atoms with E-state index >= 15 is 0 Å². The van der Waals surface area contributed by atoms with Gasteiger partial charge in [-0.25, -0.2) is 0 Å². The minimum atomic E-state index is -1.09. The second-order valence-corrected chi connectivity index (χ2v) is 1.95. The molecule has 0 heterocycles. The molecular formula is C3H3NO2Se. The first-order valence-electron chi connectivity index (χ1n) is 1.49. The average molecular weight is 164 g/mol. The van der Waals surface area contributed by atoms with Crippen LogP contribution < -0.4 is 0 Å². The fraction of sp³-hybridized carbons (Fsp3) is 0.333. The zero-order valence-corrected chi connectivity index (χ0v) is 5.20. The second-order valence-electron chi connectivity index (χ2n) is 0.870. The molecule has 3 nitrogen and oxygen atoms in total. The zero-order valence-electron chi connectivity index (χ0n) is 3.33. The van der Waals surface area contributed by atoms with E-state index in [1.807, 2.05) is 0 Å². The molecule has 0 radical (unpaired) electrons. The maximum atomic E-state index is 9.69.